The van der Waals surface area contributed by atoms with Gasteiger partial charge in [0.15, 0.2) is 6.10 Å². The van der Waals surface area contributed by atoms with E-state index in [9.17, 15) is 14.4 Å². The normalized spacial score (nSPS) is 14.2. The van der Waals surface area contributed by atoms with Gasteiger partial charge in [0.2, 0.25) is 0 Å². The molecule has 1 N–H and O–H groups in total. The molecule has 0 bridgehead atoms. The molecule has 128 valence electrons. The topological polar surface area (TPSA) is 93.1 Å². The van der Waals surface area contributed by atoms with Gasteiger partial charge in [0.25, 0.3) is 0 Å². The first-order valence-corrected chi connectivity index (χ1v) is 7.24. The number of hydrogen-bond acceptors (Lipinski definition) is 5. The summed E-state index contributed by atoms with van der Waals surface area (Å²) >= 11 is 0. The minimum atomic E-state index is -1.27. The van der Waals surface area contributed by atoms with Gasteiger partial charge in [-0.2, -0.15) is 0 Å². The number of carboxylic acid groups (broad SMARTS) is 1. The molecule has 7 nitrogen and oxygen atoms in total. The lowest BCUT2D eigenvalue weighted by Crippen LogP contribution is -2.47. The molecule has 0 saturated carbocycles. The summed E-state index contributed by atoms with van der Waals surface area (Å²) in [5, 5.41) is 8.81. The SMILES string of the molecule is CC(C)C[C@@H](C(=O)OC(C)C(=O)O)N(C)C(=O)OC(C)(C)C. The number of carbonyl (C=O) groups is 3. The predicted molar refractivity (Wildman–Crippen MR) is 80.4 cm³/mol. The Morgan fingerprint density at radius 2 is 1.64 bits per heavy atom. The Morgan fingerprint density at radius 1 is 1.14 bits per heavy atom. The average molecular weight is 317 g/mol. The van der Waals surface area contributed by atoms with Crippen molar-refractivity contribution in [3.8, 4) is 0 Å². The number of carbonyl (C=O) groups excluding carboxylic acids is 2. The van der Waals surface area contributed by atoms with E-state index in [1.807, 2.05) is 13.8 Å². The van der Waals surface area contributed by atoms with Crippen molar-refractivity contribution in [1.82, 2.24) is 4.90 Å². The van der Waals surface area contributed by atoms with E-state index in [-0.39, 0.29) is 5.92 Å². The minimum Gasteiger partial charge on any atom is -0.479 e. The van der Waals surface area contributed by atoms with Crippen LogP contribution in [0.3, 0.4) is 0 Å². The van der Waals surface area contributed by atoms with Crippen LogP contribution in [-0.2, 0) is 19.1 Å². The van der Waals surface area contributed by atoms with E-state index in [1.165, 1.54) is 14.0 Å². The smallest absolute Gasteiger partial charge is 0.410 e. The Kier molecular flexibility index (Phi) is 7.35. The van der Waals surface area contributed by atoms with Crippen molar-refractivity contribution in [3.05, 3.63) is 0 Å². The lowest BCUT2D eigenvalue weighted by Gasteiger charge is -2.30. The van der Waals surface area contributed by atoms with E-state index in [0.29, 0.717) is 6.42 Å². The number of likely N-dealkylation sites (N-methyl/N-ethyl adjacent to an activating group) is 1. The number of amides is 1. The van der Waals surface area contributed by atoms with Crippen LogP contribution in [0.1, 0.15) is 48.0 Å². The van der Waals surface area contributed by atoms with Crippen molar-refractivity contribution in [2.24, 2.45) is 5.92 Å². The third-order valence-corrected chi connectivity index (χ3v) is 2.76. The summed E-state index contributed by atoms with van der Waals surface area (Å²) in [5.41, 5.74) is -0.689. The maximum atomic E-state index is 12.2. The molecule has 0 spiro atoms. The van der Waals surface area contributed by atoms with Gasteiger partial charge in [-0.1, -0.05) is 13.8 Å². The fourth-order valence-electron chi connectivity index (χ4n) is 1.62. The van der Waals surface area contributed by atoms with Crippen LogP contribution in [0, 0.1) is 5.92 Å². The van der Waals surface area contributed by atoms with Gasteiger partial charge < -0.3 is 14.6 Å². The van der Waals surface area contributed by atoms with Gasteiger partial charge in [0.05, 0.1) is 0 Å². The lowest BCUT2D eigenvalue weighted by atomic mass is 10.0. The molecule has 0 aromatic heterocycles. The Hall–Kier alpha value is -1.79. The Bertz CT molecular complexity index is 413. The van der Waals surface area contributed by atoms with Crippen LogP contribution in [0.15, 0.2) is 0 Å². The number of hydrogen-bond donors (Lipinski definition) is 1. The highest BCUT2D eigenvalue weighted by atomic mass is 16.6. The van der Waals surface area contributed by atoms with E-state index in [2.05, 4.69) is 0 Å². The number of rotatable bonds is 6. The number of ether oxygens (including phenoxy) is 2. The van der Waals surface area contributed by atoms with Crippen LogP contribution in [-0.4, -0.2) is 52.8 Å². The van der Waals surface area contributed by atoms with E-state index < -0.39 is 35.8 Å². The average Bonchev–Trinajstić information content (AvgIpc) is 2.32. The van der Waals surface area contributed by atoms with Crippen molar-refractivity contribution in [2.45, 2.75) is 65.7 Å². The Labute approximate surface area is 131 Å². The van der Waals surface area contributed by atoms with Gasteiger partial charge in [-0.3, -0.25) is 4.90 Å². The quantitative estimate of drug-likeness (QED) is 0.755. The Morgan fingerprint density at radius 3 is 2.00 bits per heavy atom. The fraction of sp³-hybridized carbons (Fsp3) is 0.800. The first-order valence-electron chi connectivity index (χ1n) is 7.24. The molecule has 0 aliphatic carbocycles. The maximum Gasteiger partial charge on any atom is 0.410 e. The highest BCUT2D eigenvalue weighted by Crippen LogP contribution is 2.17. The van der Waals surface area contributed by atoms with Crippen LogP contribution in [0.5, 0.6) is 0 Å². The van der Waals surface area contributed by atoms with Gasteiger partial charge >= 0.3 is 18.0 Å². The lowest BCUT2D eigenvalue weighted by molar-refractivity contribution is -0.166. The van der Waals surface area contributed by atoms with Crippen molar-refractivity contribution in [1.29, 1.82) is 0 Å². The third kappa shape index (κ3) is 7.28. The second-order valence-corrected chi connectivity index (χ2v) is 6.65. The van der Waals surface area contributed by atoms with Gasteiger partial charge in [-0.15, -0.1) is 0 Å². The summed E-state index contributed by atoms with van der Waals surface area (Å²) in [4.78, 5) is 36.2. The van der Waals surface area contributed by atoms with E-state index in [0.717, 1.165) is 4.90 Å². The highest BCUT2D eigenvalue weighted by molar-refractivity contribution is 5.84. The molecule has 0 aliphatic heterocycles. The van der Waals surface area contributed by atoms with Crippen LogP contribution >= 0.6 is 0 Å². The van der Waals surface area contributed by atoms with Gasteiger partial charge in [-0.25, -0.2) is 14.4 Å². The molecule has 0 rings (SSSR count). The van der Waals surface area contributed by atoms with Crippen molar-refractivity contribution < 1.29 is 29.0 Å². The number of aliphatic carboxylic acids is 1. The molecule has 0 fully saturated rings. The largest absolute Gasteiger partial charge is 0.479 e. The van der Waals surface area contributed by atoms with Crippen LogP contribution in [0.25, 0.3) is 0 Å². The number of nitrogens with zero attached hydrogens (tertiary/aromatic N) is 1. The molecule has 0 radical (unpaired) electrons. The molecule has 0 saturated heterocycles. The van der Waals surface area contributed by atoms with E-state index >= 15 is 0 Å². The monoisotopic (exact) mass is 317 g/mol. The molecule has 0 aliphatic rings. The third-order valence-electron chi connectivity index (χ3n) is 2.76. The van der Waals surface area contributed by atoms with Crippen LogP contribution < -0.4 is 0 Å². The summed E-state index contributed by atoms with van der Waals surface area (Å²) in [7, 11) is 1.44. The van der Waals surface area contributed by atoms with Gasteiger partial charge in [0, 0.05) is 7.05 Å². The van der Waals surface area contributed by atoms with E-state index in [1.54, 1.807) is 20.8 Å². The molecule has 0 aromatic carbocycles. The summed E-state index contributed by atoms with van der Waals surface area (Å²) in [6.07, 6.45) is -1.58. The summed E-state index contributed by atoms with van der Waals surface area (Å²) < 4.78 is 10.1. The van der Waals surface area contributed by atoms with Gasteiger partial charge in [0.1, 0.15) is 11.6 Å². The predicted octanol–water partition coefficient (Wildman–Crippen LogP) is 2.28. The summed E-state index contributed by atoms with van der Waals surface area (Å²) in [6.45, 7) is 10.2. The zero-order valence-electron chi connectivity index (χ0n) is 14.4. The molecule has 7 heteroatoms. The minimum absolute atomic E-state index is 0.113. The first-order chi connectivity index (χ1) is 9.85. The molecular formula is C15H27NO6. The Balaban J connectivity index is 5.07. The molecule has 0 aromatic rings. The summed E-state index contributed by atoms with van der Waals surface area (Å²) in [5.74, 6) is -1.88. The fourth-order valence-corrected chi connectivity index (χ4v) is 1.62. The van der Waals surface area contributed by atoms with Crippen molar-refractivity contribution >= 4 is 18.0 Å². The molecule has 22 heavy (non-hydrogen) atoms. The van der Waals surface area contributed by atoms with Crippen molar-refractivity contribution in [2.75, 3.05) is 7.05 Å². The maximum absolute atomic E-state index is 12.2. The van der Waals surface area contributed by atoms with Gasteiger partial charge in [-0.05, 0) is 40.0 Å². The van der Waals surface area contributed by atoms with Crippen LogP contribution in [0.2, 0.25) is 0 Å². The first kappa shape index (κ1) is 20.2. The molecule has 1 unspecified atom stereocenters. The zero-order valence-corrected chi connectivity index (χ0v) is 14.4. The standard InChI is InChI=1S/C15H27NO6/c1-9(2)8-11(13(19)21-10(3)12(17)18)16(7)14(20)22-15(4,5)6/h9-11H,8H2,1-7H3,(H,17,18)/t10?,11-/m0/s1. The molecular weight excluding hydrogens is 290 g/mol. The number of esters is 1. The second-order valence-electron chi connectivity index (χ2n) is 6.65. The molecule has 0 heterocycles. The zero-order chi connectivity index (χ0) is 17.7. The van der Waals surface area contributed by atoms with E-state index in [4.69, 9.17) is 14.6 Å². The molecule has 2 atom stereocenters. The summed E-state index contributed by atoms with van der Waals surface area (Å²) in [6, 6.07) is -0.892. The van der Waals surface area contributed by atoms with Crippen molar-refractivity contribution in [3.63, 3.8) is 0 Å². The second kappa shape index (κ2) is 8.00. The highest BCUT2D eigenvalue weighted by Gasteiger charge is 2.33. The molecule has 1 amide bonds. The number of carboxylic acids is 1. The van der Waals surface area contributed by atoms with Crippen LogP contribution in [0.4, 0.5) is 4.79 Å².